The number of Topliss-reactive ketones (excluding diaryl/α,β-unsaturated/α-hetero) is 1. The monoisotopic (exact) mass is 486 g/mol. The van der Waals surface area contributed by atoms with E-state index < -0.39 is 0 Å². The second kappa shape index (κ2) is 10.6. The molecule has 4 rings (SSSR count). The highest BCUT2D eigenvalue weighted by atomic mass is 35.5. The molecule has 3 aliphatic rings. The van der Waals surface area contributed by atoms with Crippen LogP contribution in [0.15, 0.2) is 42.0 Å². The van der Waals surface area contributed by atoms with Crippen LogP contribution in [0.2, 0.25) is 5.02 Å². The van der Waals surface area contributed by atoms with Crippen molar-refractivity contribution < 1.29 is 14.3 Å². The van der Waals surface area contributed by atoms with Crippen molar-refractivity contribution in [3.05, 3.63) is 47.0 Å². The minimum absolute atomic E-state index is 0.0464. The summed E-state index contributed by atoms with van der Waals surface area (Å²) in [4.78, 5) is 39.8. The van der Waals surface area contributed by atoms with Crippen molar-refractivity contribution in [3.8, 4) is 0 Å². The van der Waals surface area contributed by atoms with Crippen LogP contribution in [0, 0.1) is 5.92 Å². The van der Waals surface area contributed by atoms with E-state index in [1.165, 1.54) is 0 Å². The number of amides is 1. The second-order valence-corrected chi connectivity index (χ2v) is 9.04. The number of aromatic nitrogens is 2. The first-order valence-corrected chi connectivity index (χ1v) is 12.1. The predicted molar refractivity (Wildman–Crippen MR) is 132 cm³/mol. The molecule has 1 saturated heterocycles. The number of nitrogens with one attached hydrogen (secondary N) is 1. The number of piperazine rings is 1. The van der Waals surface area contributed by atoms with E-state index in [4.69, 9.17) is 16.3 Å². The molecule has 1 aromatic heterocycles. The molecule has 0 bridgehead atoms. The van der Waals surface area contributed by atoms with Gasteiger partial charge in [0, 0.05) is 50.8 Å². The van der Waals surface area contributed by atoms with Crippen LogP contribution in [0.3, 0.4) is 0 Å². The van der Waals surface area contributed by atoms with Crippen molar-refractivity contribution in [1.82, 2.24) is 19.8 Å². The Morgan fingerprint density at radius 3 is 2.71 bits per heavy atom. The Morgan fingerprint density at radius 1 is 1.24 bits per heavy atom. The van der Waals surface area contributed by atoms with Gasteiger partial charge in [0.15, 0.2) is 17.4 Å². The summed E-state index contributed by atoms with van der Waals surface area (Å²) in [6.45, 7) is 7.78. The molecule has 9 nitrogen and oxygen atoms in total. The summed E-state index contributed by atoms with van der Waals surface area (Å²) in [5.74, 6) is 1.05. The van der Waals surface area contributed by atoms with Crippen molar-refractivity contribution in [1.29, 1.82) is 0 Å². The van der Waals surface area contributed by atoms with Gasteiger partial charge in [-0.15, -0.1) is 0 Å². The van der Waals surface area contributed by atoms with E-state index in [2.05, 4.69) is 32.1 Å². The summed E-state index contributed by atoms with van der Waals surface area (Å²) in [5.41, 5.74) is 0.816. The summed E-state index contributed by atoms with van der Waals surface area (Å²) >= 11 is 6.41. The molecule has 1 aromatic rings. The quantitative estimate of drug-likeness (QED) is 0.599. The van der Waals surface area contributed by atoms with Gasteiger partial charge in [-0.25, -0.2) is 4.98 Å². The number of carbonyl (C=O) groups is 2. The standard InChI is InChI=1S/C24H31ClN6O3/c1-4-18(32)15-34-21-13-16-12-17(6-7-20(16)31(5-2)23(21)33)27-22-19(25)14-26-24(28-22)30-10-8-29(3)9-11-30/h6-7,12-14,16,20H,4-5,8-11,15H2,1-3H3,(H,26,27,28). The van der Waals surface area contributed by atoms with Crippen LogP contribution in [0.5, 0.6) is 0 Å². The van der Waals surface area contributed by atoms with Gasteiger partial charge in [0.2, 0.25) is 5.95 Å². The summed E-state index contributed by atoms with van der Waals surface area (Å²) in [7, 11) is 2.10. The maximum absolute atomic E-state index is 12.8. The fourth-order valence-electron chi connectivity index (χ4n) is 4.22. The number of hydrogen-bond acceptors (Lipinski definition) is 8. The number of anilines is 2. The maximum Gasteiger partial charge on any atom is 0.289 e. The molecule has 1 fully saturated rings. The second-order valence-electron chi connectivity index (χ2n) is 8.63. The van der Waals surface area contributed by atoms with Gasteiger partial charge in [0.1, 0.15) is 11.6 Å². The van der Waals surface area contributed by atoms with Crippen molar-refractivity contribution >= 4 is 35.1 Å². The Labute approximate surface area is 205 Å². The molecule has 2 atom stereocenters. The topological polar surface area (TPSA) is 90.9 Å². The highest BCUT2D eigenvalue weighted by Crippen LogP contribution is 2.31. The fraction of sp³-hybridized carbons (Fsp3) is 0.500. The minimum atomic E-state index is -0.197. The SMILES string of the molecule is CCC(=O)COC1=CC2C=C(Nc3nc(N4CCN(C)CC4)ncc3Cl)C=CC2N(CC)C1=O. The van der Waals surface area contributed by atoms with Gasteiger partial charge in [0.05, 0.1) is 12.2 Å². The number of carbonyl (C=O) groups excluding carboxylic acids is 2. The first-order valence-electron chi connectivity index (χ1n) is 11.7. The summed E-state index contributed by atoms with van der Waals surface area (Å²) in [5, 5.41) is 3.75. The summed E-state index contributed by atoms with van der Waals surface area (Å²) in [6, 6.07) is -0.112. The van der Waals surface area contributed by atoms with Gasteiger partial charge in [-0.2, -0.15) is 4.98 Å². The van der Waals surface area contributed by atoms with Gasteiger partial charge in [0.25, 0.3) is 5.91 Å². The molecule has 1 aliphatic carbocycles. The van der Waals surface area contributed by atoms with Gasteiger partial charge < -0.3 is 24.8 Å². The highest BCUT2D eigenvalue weighted by molar-refractivity contribution is 6.32. The predicted octanol–water partition coefficient (Wildman–Crippen LogP) is 2.47. The zero-order valence-electron chi connectivity index (χ0n) is 19.8. The third-order valence-electron chi connectivity index (χ3n) is 6.32. The van der Waals surface area contributed by atoms with Crippen LogP contribution in [-0.2, 0) is 14.3 Å². The van der Waals surface area contributed by atoms with E-state index in [1.807, 2.05) is 25.2 Å². The van der Waals surface area contributed by atoms with Crippen LogP contribution < -0.4 is 10.2 Å². The Balaban J connectivity index is 1.53. The normalized spacial score (nSPS) is 22.8. The van der Waals surface area contributed by atoms with Crippen molar-refractivity contribution in [2.24, 2.45) is 5.92 Å². The van der Waals surface area contributed by atoms with Crippen LogP contribution in [0.25, 0.3) is 0 Å². The fourth-order valence-corrected chi connectivity index (χ4v) is 4.36. The molecule has 2 unspecified atom stereocenters. The maximum atomic E-state index is 12.8. The van der Waals surface area contributed by atoms with Crippen molar-refractivity contribution in [2.75, 3.05) is 56.6 Å². The van der Waals surface area contributed by atoms with E-state index in [1.54, 1.807) is 24.1 Å². The van der Waals surface area contributed by atoms with Gasteiger partial charge in [-0.1, -0.05) is 30.7 Å². The van der Waals surface area contributed by atoms with Crippen LogP contribution in [0.4, 0.5) is 11.8 Å². The third kappa shape index (κ3) is 5.26. The smallest absolute Gasteiger partial charge is 0.289 e. The molecule has 2 aliphatic heterocycles. The molecule has 1 amide bonds. The van der Waals surface area contributed by atoms with E-state index in [-0.39, 0.29) is 36.0 Å². The Morgan fingerprint density at radius 2 is 2.00 bits per heavy atom. The number of halogens is 1. The largest absolute Gasteiger partial charge is 0.480 e. The molecule has 10 heteroatoms. The number of ketones is 1. The lowest BCUT2D eigenvalue weighted by Crippen LogP contribution is -2.48. The molecule has 0 saturated carbocycles. The number of rotatable bonds is 8. The number of ether oxygens (including phenoxy) is 1. The first-order chi connectivity index (χ1) is 16.4. The Kier molecular flexibility index (Phi) is 7.53. The van der Waals surface area contributed by atoms with Crippen LogP contribution in [-0.4, -0.2) is 83.9 Å². The lowest BCUT2D eigenvalue weighted by molar-refractivity contribution is -0.135. The van der Waals surface area contributed by atoms with Crippen molar-refractivity contribution in [3.63, 3.8) is 0 Å². The first kappa shape index (κ1) is 24.2. The Bertz CT molecular complexity index is 1030. The van der Waals surface area contributed by atoms with Crippen molar-refractivity contribution in [2.45, 2.75) is 26.3 Å². The molecule has 34 heavy (non-hydrogen) atoms. The van der Waals surface area contributed by atoms with Crippen LogP contribution >= 0.6 is 11.6 Å². The Hall–Kier alpha value is -2.91. The molecule has 0 radical (unpaired) electrons. The van der Waals surface area contributed by atoms with Gasteiger partial charge >= 0.3 is 0 Å². The summed E-state index contributed by atoms with van der Waals surface area (Å²) in [6.07, 6.45) is 9.75. The number of nitrogens with zero attached hydrogens (tertiary/aromatic N) is 5. The van der Waals surface area contributed by atoms with Gasteiger partial charge in [-0.3, -0.25) is 9.59 Å². The molecule has 0 aromatic carbocycles. The van der Waals surface area contributed by atoms with E-state index in [0.29, 0.717) is 29.8 Å². The average molecular weight is 487 g/mol. The minimum Gasteiger partial charge on any atom is -0.480 e. The molecule has 182 valence electrons. The van der Waals surface area contributed by atoms with E-state index >= 15 is 0 Å². The molecule has 1 N–H and O–H groups in total. The molecular formula is C24H31ClN6O3. The highest BCUT2D eigenvalue weighted by Gasteiger charge is 2.36. The number of hydrogen-bond donors (Lipinski definition) is 1. The number of allylic oxidation sites excluding steroid dienone is 1. The summed E-state index contributed by atoms with van der Waals surface area (Å²) < 4.78 is 5.59. The number of fused-ring (bicyclic) bond motifs is 1. The average Bonchev–Trinajstić information content (AvgIpc) is 2.84. The van der Waals surface area contributed by atoms with E-state index in [9.17, 15) is 9.59 Å². The number of likely N-dealkylation sites (N-methyl/N-ethyl adjacent to an activating group) is 2. The lowest BCUT2D eigenvalue weighted by Gasteiger charge is -2.38. The molecular weight excluding hydrogens is 456 g/mol. The zero-order chi connectivity index (χ0) is 24.2. The lowest BCUT2D eigenvalue weighted by atomic mass is 9.88. The molecule has 3 heterocycles. The molecule has 0 spiro atoms. The van der Waals surface area contributed by atoms with E-state index in [0.717, 1.165) is 31.9 Å². The van der Waals surface area contributed by atoms with Crippen LogP contribution in [0.1, 0.15) is 20.3 Å². The van der Waals surface area contributed by atoms with Gasteiger partial charge in [-0.05, 0) is 26.1 Å². The third-order valence-corrected chi connectivity index (χ3v) is 6.60. The zero-order valence-corrected chi connectivity index (χ0v) is 20.6.